The third kappa shape index (κ3) is 13.5. The molecule has 5 heteroatoms. The Labute approximate surface area is 116 Å². The monoisotopic (exact) mass is 277 g/mol. The number of thiol groups is 1. The van der Waals surface area contributed by atoms with Crippen LogP contribution in [0.5, 0.6) is 0 Å². The minimum Gasteiger partial charge on any atom is -0.396 e. The van der Waals surface area contributed by atoms with Gasteiger partial charge in [0.25, 0.3) is 0 Å². The van der Waals surface area contributed by atoms with Gasteiger partial charge in [-0.15, -0.1) is 0 Å². The van der Waals surface area contributed by atoms with Gasteiger partial charge in [-0.25, -0.2) is 0 Å². The summed E-state index contributed by atoms with van der Waals surface area (Å²) >= 11 is 4.15. The number of carbonyl (C=O) groups excluding carboxylic acids is 2. The molecule has 0 spiro atoms. The largest absolute Gasteiger partial charge is 0.396 e. The van der Waals surface area contributed by atoms with Gasteiger partial charge in [-0.05, 0) is 19.8 Å². The van der Waals surface area contributed by atoms with E-state index in [1.54, 1.807) is 6.92 Å². The van der Waals surface area contributed by atoms with E-state index in [0.29, 0.717) is 11.7 Å². The quantitative estimate of drug-likeness (QED) is 0.649. The van der Waals surface area contributed by atoms with E-state index in [1.807, 2.05) is 20.8 Å². The van der Waals surface area contributed by atoms with Crippen molar-refractivity contribution >= 4 is 24.3 Å². The first kappa shape index (κ1) is 19.8. The molecule has 0 saturated carbocycles. The van der Waals surface area contributed by atoms with Crippen molar-refractivity contribution in [3.63, 3.8) is 0 Å². The predicted octanol–water partition coefficient (Wildman–Crippen LogP) is 1.81. The first-order chi connectivity index (χ1) is 8.13. The number of carbonyl (C=O) groups is 2. The maximum atomic E-state index is 10.7. The van der Waals surface area contributed by atoms with Crippen LogP contribution in [0.2, 0.25) is 0 Å². The summed E-state index contributed by atoms with van der Waals surface area (Å²) < 4.78 is 0. The number of aliphatic hydroxyl groups is 1. The zero-order chi connectivity index (χ0) is 14.8. The first-order valence-electron chi connectivity index (χ1n) is 6.18. The van der Waals surface area contributed by atoms with Crippen LogP contribution in [-0.2, 0) is 9.59 Å². The molecular weight excluding hydrogens is 250 g/mol. The van der Waals surface area contributed by atoms with E-state index in [9.17, 15) is 9.59 Å². The second-order valence-corrected chi connectivity index (χ2v) is 5.92. The highest BCUT2D eigenvalue weighted by atomic mass is 32.1. The second kappa shape index (κ2) is 10.4. The smallest absolute Gasteiger partial charge is 0.216 e. The fourth-order valence-electron chi connectivity index (χ4n) is 0.913. The summed E-state index contributed by atoms with van der Waals surface area (Å²) in [5, 5.41) is 11.6. The lowest BCUT2D eigenvalue weighted by Crippen LogP contribution is -2.22. The number of ketones is 1. The molecule has 0 aliphatic heterocycles. The van der Waals surface area contributed by atoms with E-state index in [-0.39, 0.29) is 23.7 Å². The van der Waals surface area contributed by atoms with Crippen molar-refractivity contribution in [2.75, 3.05) is 13.2 Å². The van der Waals surface area contributed by atoms with Crippen LogP contribution in [0.15, 0.2) is 0 Å². The van der Waals surface area contributed by atoms with E-state index >= 15 is 0 Å². The molecule has 1 unspecified atom stereocenters. The first-order valence-corrected chi connectivity index (χ1v) is 6.69. The van der Waals surface area contributed by atoms with Crippen molar-refractivity contribution in [2.45, 2.75) is 52.7 Å². The molecule has 108 valence electrons. The van der Waals surface area contributed by atoms with Gasteiger partial charge in [-0.2, -0.15) is 12.6 Å². The number of rotatable bonds is 6. The summed E-state index contributed by atoms with van der Waals surface area (Å²) in [6.07, 6.45) is 1.49. The summed E-state index contributed by atoms with van der Waals surface area (Å²) in [5.74, 6) is 0.167. The summed E-state index contributed by atoms with van der Waals surface area (Å²) in [6.45, 7) is 9.58. The molecule has 0 heterocycles. The van der Waals surface area contributed by atoms with Gasteiger partial charge >= 0.3 is 0 Å². The normalized spacial score (nSPS) is 12.2. The molecule has 2 N–H and O–H groups in total. The van der Waals surface area contributed by atoms with Crippen molar-refractivity contribution in [2.24, 2.45) is 5.41 Å². The standard InChI is InChI=1S/C7H14O2.C6H13NOS/c1-6(9)7(2,3)4-5-8;1-5(9)3-4-7-6(2)8/h8H,4-5H2,1-3H3;5,9H,3-4H2,1-2H3,(H,7,8). The van der Waals surface area contributed by atoms with Crippen LogP contribution in [0.25, 0.3) is 0 Å². The molecule has 0 aromatic rings. The van der Waals surface area contributed by atoms with Crippen LogP contribution in [0, 0.1) is 5.41 Å². The molecule has 0 radical (unpaired) electrons. The Morgan fingerprint density at radius 3 is 2.06 bits per heavy atom. The van der Waals surface area contributed by atoms with Gasteiger partial charge < -0.3 is 10.4 Å². The number of hydrogen-bond donors (Lipinski definition) is 3. The Hall–Kier alpha value is -0.550. The van der Waals surface area contributed by atoms with Gasteiger partial charge in [0.05, 0.1) is 0 Å². The maximum absolute atomic E-state index is 10.7. The van der Waals surface area contributed by atoms with Crippen molar-refractivity contribution < 1.29 is 14.7 Å². The van der Waals surface area contributed by atoms with E-state index in [0.717, 1.165) is 13.0 Å². The van der Waals surface area contributed by atoms with E-state index in [1.165, 1.54) is 6.92 Å². The molecule has 0 rings (SSSR count). The van der Waals surface area contributed by atoms with Gasteiger partial charge in [0, 0.05) is 30.7 Å². The lowest BCUT2D eigenvalue weighted by Gasteiger charge is -2.18. The molecular formula is C13H27NO3S. The number of nitrogens with one attached hydrogen (secondary N) is 1. The molecule has 18 heavy (non-hydrogen) atoms. The molecule has 0 fully saturated rings. The lowest BCUT2D eigenvalue weighted by atomic mass is 9.86. The minimum atomic E-state index is -0.339. The zero-order valence-electron chi connectivity index (χ0n) is 12.1. The molecule has 0 bridgehead atoms. The highest BCUT2D eigenvalue weighted by Gasteiger charge is 2.21. The van der Waals surface area contributed by atoms with Crippen molar-refractivity contribution in [1.82, 2.24) is 5.32 Å². The number of Topliss-reactive ketones (excluding diaryl/α,β-unsaturated/α-hetero) is 1. The lowest BCUT2D eigenvalue weighted by molar-refractivity contribution is -0.125. The maximum Gasteiger partial charge on any atom is 0.216 e. The molecule has 1 amide bonds. The molecule has 0 aromatic heterocycles. The van der Waals surface area contributed by atoms with Crippen LogP contribution in [0.4, 0.5) is 0 Å². The third-order valence-corrected chi connectivity index (χ3v) is 2.88. The topological polar surface area (TPSA) is 66.4 Å². The van der Waals surface area contributed by atoms with Crippen LogP contribution < -0.4 is 5.32 Å². The van der Waals surface area contributed by atoms with Crippen molar-refractivity contribution in [3.8, 4) is 0 Å². The fourth-order valence-corrected chi connectivity index (χ4v) is 1.04. The highest BCUT2D eigenvalue weighted by molar-refractivity contribution is 7.80. The Balaban J connectivity index is 0. The summed E-state index contributed by atoms with van der Waals surface area (Å²) in [4.78, 5) is 21.0. The van der Waals surface area contributed by atoms with Crippen LogP contribution in [-0.4, -0.2) is 35.2 Å². The van der Waals surface area contributed by atoms with Gasteiger partial charge in [0.15, 0.2) is 0 Å². The average molecular weight is 277 g/mol. The summed E-state index contributed by atoms with van der Waals surface area (Å²) in [6, 6.07) is 0. The van der Waals surface area contributed by atoms with Gasteiger partial charge in [-0.3, -0.25) is 9.59 Å². The fraction of sp³-hybridized carbons (Fsp3) is 0.846. The van der Waals surface area contributed by atoms with Gasteiger partial charge in [-0.1, -0.05) is 20.8 Å². The van der Waals surface area contributed by atoms with E-state index in [2.05, 4.69) is 17.9 Å². The molecule has 0 aromatic carbocycles. The molecule has 4 nitrogen and oxygen atoms in total. The SMILES string of the molecule is CC(=O)C(C)(C)CCO.CC(=O)NCCC(C)S. The second-order valence-electron chi connectivity index (χ2n) is 5.03. The van der Waals surface area contributed by atoms with Gasteiger partial charge in [0.2, 0.25) is 5.91 Å². The van der Waals surface area contributed by atoms with E-state index < -0.39 is 0 Å². The third-order valence-electron chi connectivity index (χ3n) is 2.63. The number of amides is 1. The highest BCUT2D eigenvalue weighted by Crippen LogP contribution is 2.19. The molecule has 1 atom stereocenters. The zero-order valence-corrected chi connectivity index (χ0v) is 13.0. The molecule has 0 saturated heterocycles. The number of aliphatic hydroxyl groups excluding tert-OH is 1. The van der Waals surface area contributed by atoms with Crippen molar-refractivity contribution in [3.05, 3.63) is 0 Å². The Morgan fingerprint density at radius 1 is 1.33 bits per heavy atom. The Kier molecular flexibility index (Phi) is 11.4. The average Bonchev–Trinajstić information content (AvgIpc) is 2.16. The molecule has 0 aliphatic carbocycles. The van der Waals surface area contributed by atoms with Crippen LogP contribution in [0.1, 0.15) is 47.5 Å². The van der Waals surface area contributed by atoms with Crippen LogP contribution >= 0.6 is 12.6 Å². The van der Waals surface area contributed by atoms with Crippen molar-refractivity contribution in [1.29, 1.82) is 0 Å². The predicted molar refractivity (Wildman–Crippen MR) is 77.9 cm³/mol. The summed E-state index contributed by atoms with van der Waals surface area (Å²) in [7, 11) is 0. The summed E-state index contributed by atoms with van der Waals surface area (Å²) in [5.41, 5.74) is -0.339. The van der Waals surface area contributed by atoms with Gasteiger partial charge in [0.1, 0.15) is 5.78 Å². The Bertz CT molecular complexity index is 253. The van der Waals surface area contributed by atoms with Crippen LogP contribution in [0.3, 0.4) is 0 Å². The molecule has 0 aliphatic rings. The number of hydrogen-bond acceptors (Lipinski definition) is 4. The van der Waals surface area contributed by atoms with E-state index in [4.69, 9.17) is 5.11 Å². The Morgan fingerprint density at radius 2 is 1.83 bits per heavy atom. The minimum absolute atomic E-state index is 0.0315.